The molecule has 0 aliphatic carbocycles. The van der Waals surface area contributed by atoms with Gasteiger partial charge in [0.05, 0.1) is 12.2 Å². The van der Waals surface area contributed by atoms with Gasteiger partial charge in [0.25, 0.3) is 0 Å². The normalized spacial score (nSPS) is 11.2. The standard InChI is InChI=1S/C14H14F3NO3/c1-4-21-14(20)9(7-18(2)3)13(19)8-5-11(16)12(17)6-10(8)15/h5-7H,4H2,1-3H3. The van der Waals surface area contributed by atoms with Gasteiger partial charge in [-0.05, 0) is 13.0 Å². The van der Waals surface area contributed by atoms with Gasteiger partial charge in [-0.2, -0.15) is 0 Å². The van der Waals surface area contributed by atoms with E-state index in [4.69, 9.17) is 4.74 Å². The van der Waals surface area contributed by atoms with Crippen molar-refractivity contribution in [2.45, 2.75) is 6.92 Å². The van der Waals surface area contributed by atoms with E-state index >= 15 is 0 Å². The van der Waals surface area contributed by atoms with Gasteiger partial charge in [-0.3, -0.25) is 4.79 Å². The van der Waals surface area contributed by atoms with Crippen molar-refractivity contribution < 1.29 is 27.5 Å². The maximum absolute atomic E-state index is 13.6. The quantitative estimate of drug-likeness (QED) is 0.209. The molecule has 0 fully saturated rings. The number of hydrogen-bond acceptors (Lipinski definition) is 4. The first-order valence-corrected chi connectivity index (χ1v) is 6.02. The van der Waals surface area contributed by atoms with Crippen LogP contribution in [0, 0.1) is 17.5 Å². The molecule has 0 aromatic heterocycles. The van der Waals surface area contributed by atoms with E-state index in [0.717, 1.165) is 6.20 Å². The molecular weight excluding hydrogens is 287 g/mol. The summed E-state index contributed by atoms with van der Waals surface area (Å²) in [6, 6.07) is 0.663. The summed E-state index contributed by atoms with van der Waals surface area (Å²) in [6.45, 7) is 1.55. The molecule has 0 amide bonds. The Hall–Kier alpha value is -2.31. The molecule has 0 radical (unpaired) electrons. The molecule has 0 aliphatic rings. The second-order valence-corrected chi connectivity index (χ2v) is 4.30. The van der Waals surface area contributed by atoms with Crippen molar-refractivity contribution in [2.75, 3.05) is 20.7 Å². The van der Waals surface area contributed by atoms with Crippen LogP contribution in [0.3, 0.4) is 0 Å². The summed E-state index contributed by atoms with van der Waals surface area (Å²) in [4.78, 5) is 25.3. The summed E-state index contributed by atoms with van der Waals surface area (Å²) < 4.78 is 44.3. The smallest absolute Gasteiger partial charge is 0.343 e. The number of rotatable bonds is 5. The van der Waals surface area contributed by atoms with Crippen LogP contribution < -0.4 is 0 Å². The number of ketones is 1. The van der Waals surface area contributed by atoms with Crippen molar-refractivity contribution >= 4 is 11.8 Å². The summed E-state index contributed by atoms with van der Waals surface area (Å²) in [5, 5.41) is 0. The Morgan fingerprint density at radius 1 is 1.14 bits per heavy atom. The minimum atomic E-state index is -1.42. The van der Waals surface area contributed by atoms with Gasteiger partial charge in [0.2, 0.25) is 5.78 Å². The van der Waals surface area contributed by atoms with Crippen molar-refractivity contribution in [1.29, 1.82) is 0 Å². The molecule has 0 saturated carbocycles. The van der Waals surface area contributed by atoms with Gasteiger partial charge < -0.3 is 9.64 Å². The van der Waals surface area contributed by atoms with Gasteiger partial charge in [-0.15, -0.1) is 0 Å². The number of Topliss-reactive ketones (excluding diaryl/α,β-unsaturated/α-hetero) is 1. The van der Waals surface area contributed by atoms with Gasteiger partial charge >= 0.3 is 5.97 Å². The first-order chi connectivity index (χ1) is 9.77. The number of carbonyl (C=O) groups excluding carboxylic acids is 2. The molecule has 0 N–H and O–H groups in total. The Labute approximate surface area is 119 Å². The molecule has 0 unspecified atom stereocenters. The van der Waals surface area contributed by atoms with Crippen molar-refractivity contribution in [3.63, 3.8) is 0 Å². The molecule has 0 bridgehead atoms. The Bertz CT molecular complexity index is 597. The molecule has 4 nitrogen and oxygen atoms in total. The fourth-order valence-corrected chi connectivity index (χ4v) is 1.51. The SMILES string of the molecule is CCOC(=O)C(=CN(C)C)C(=O)c1cc(F)c(F)cc1F. The molecule has 0 heterocycles. The topological polar surface area (TPSA) is 46.6 Å². The predicted octanol–water partition coefficient (Wildman–Crippen LogP) is 2.30. The fourth-order valence-electron chi connectivity index (χ4n) is 1.51. The number of hydrogen-bond donors (Lipinski definition) is 0. The molecular formula is C14H14F3NO3. The molecule has 0 saturated heterocycles. The van der Waals surface area contributed by atoms with E-state index in [2.05, 4.69) is 0 Å². The van der Waals surface area contributed by atoms with Crippen molar-refractivity contribution in [2.24, 2.45) is 0 Å². The van der Waals surface area contributed by atoms with E-state index in [1.54, 1.807) is 0 Å². The van der Waals surface area contributed by atoms with Crippen LogP contribution in [0.15, 0.2) is 23.9 Å². The molecule has 7 heteroatoms. The van der Waals surface area contributed by atoms with E-state index in [1.165, 1.54) is 25.9 Å². The molecule has 21 heavy (non-hydrogen) atoms. The van der Waals surface area contributed by atoms with Gasteiger partial charge in [-0.1, -0.05) is 0 Å². The van der Waals surface area contributed by atoms with Crippen LogP contribution in [0.2, 0.25) is 0 Å². The zero-order valence-electron chi connectivity index (χ0n) is 11.7. The maximum Gasteiger partial charge on any atom is 0.343 e. The summed E-state index contributed by atoms with van der Waals surface area (Å²) in [5.74, 6) is -6.11. The summed E-state index contributed by atoms with van der Waals surface area (Å²) >= 11 is 0. The lowest BCUT2D eigenvalue weighted by Crippen LogP contribution is -2.20. The number of benzene rings is 1. The summed E-state index contributed by atoms with van der Waals surface area (Å²) in [6.07, 6.45) is 1.13. The minimum absolute atomic E-state index is 0.0111. The second-order valence-electron chi connectivity index (χ2n) is 4.30. The molecule has 1 rings (SSSR count). The number of halogens is 3. The van der Waals surface area contributed by atoms with Crippen molar-refractivity contribution in [3.05, 3.63) is 46.9 Å². The van der Waals surface area contributed by atoms with E-state index in [9.17, 15) is 22.8 Å². The zero-order valence-corrected chi connectivity index (χ0v) is 11.7. The Kier molecular flexibility index (Phi) is 5.52. The maximum atomic E-state index is 13.6. The highest BCUT2D eigenvalue weighted by Gasteiger charge is 2.25. The lowest BCUT2D eigenvalue weighted by molar-refractivity contribution is -0.138. The van der Waals surface area contributed by atoms with E-state index in [1.807, 2.05) is 0 Å². The number of nitrogens with zero attached hydrogens (tertiary/aromatic N) is 1. The number of esters is 1. The zero-order chi connectivity index (χ0) is 16.2. The van der Waals surface area contributed by atoms with Gasteiger partial charge in [0.1, 0.15) is 11.4 Å². The highest BCUT2D eigenvalue weighted by atomic mass is 19.2. The lowest BCUT2D eigenvalue weighted by Gasteiger charge is -2.11. The van der Waals surface area contributed by atoms with Crippen molar-refractivity contribution in [3.8, 4) is 0 Å². The molecule has 1 aromatic rings. The Balaban J connectivity index is 3.30. The monoisotopic (exact) mass is 301 g/mol. The van der Waals surface area contributed by atoms with Gasteiger partial charge in [-0.25, -0.2) is 18.0 Å². The van der Waals surface area contributed by atoms with Crippen LogP contribution in [-0.4, -0.2) is 37.4 Å². The average Bonchev–Trinajstić information content (AvgIpc) is 2.39. The molecule has 0 aliphatic heterocycles. The minimum Gasteiger partial charge on any atom is -0.462 e. The first kappa shape index (κ1) is 16.7. The third-order valence-corrected chi connectivity index (χ3v) is 2.38. The van der Waals surface area contributed by atoms with E-state index < -0.39 is 40.3 Å². The van der Waals surface area contributed by atoms with Crippen LogP contribution in [-0.2, 0) is 9.53 Å². The number of carbonyl (C=O) groups is 2. The van der Waals surface area contributed by atoms with Crippen molar-refractivity contribution in [1.82, 2.24) is 4.90 Å². The van der Waals surface area contributed by atoms with E-state index in [0.29, 0.717) is 6.07 Å². The molecule has 0 spiro atoms. The third-order valence-electron chi connectivity index (χ3n) is 2.38. The fraction of sp³-hybridized carbons (Fsp3) is 0.286. The number of ether oxygens (including phenoxy) is 1. The molecule has 114 valence electrons. The largest absolute Gasteiger partial charge is 0.462 e. The van der Waals surface area contributed by atoms with Gasteiger partial charge in [0, 0.05) is 26.4 Å². The molecule has 1 aromatic carbocycles. The summed E-state index contributed by atoms with van der Waals surface area (Å²) in [5.41, 5.74) is -1.22. The van der Waals surface area contributed by atoms with Crippen LogP contribution in [0.1, 0.15) is 17.3 Å². The van der Waals surface area contributed by atoms with Crippen LogP contribution in [0.4, 0.5) is 13.2 Å². The van der Waals surface area contributed by atoms with Crippen LogP contribution >= 0.6 is 0 Å². The Morgan fingerprint density at radius 2 is 1.71 bits per heavy atom. The summed E-state index contributed by atoms with van der Waals surface area (Å²) in [7, 11) is 3.07. The second kappa shape index (κ2) is 6.92. The first-order valence-electron chi connectivity index (χ1n) is 6.02. The third kappa shape index (κ3) is 4.08. The van der Waals surface area contributed by atoms with Crippen LogP contribution in [0.25, 0.3) is 0 Å². The van der Waals surface area contributed by atoms with E-state index in [-0.39, 0.29) is 12.7 Å². The average molecular weight is 301 g/mol. The predicted molar refractivity (Wildman–Crippen MR) is 69.0 cm³/mol. The lowest BCUT2D eigenvalue weighted by atomic mass is 10.0. The van der Waals surface area contributed by atoms with Gasteiger partial charge in [0.15, 0.2) is 11.6 Å². The Morgan fingerprint density at radius 3 is 2.24 bits per heavy atom. The molecule has 0 atom stereocenters. The highest BCUT2D eigenvalue weighted by molar-refractivity contribution is 6.24. The van der Waals surface area contributed by atoms with Crippen LogP contribution in [0.5, 0.6) is 0 Å². The highest BCUT2D eigenvalue weighted by Crippen LogP contribution is 2.18.